The minimum Gasteiger partial charge on any atom is -0.277 e. The van der Waals surface area contributed by atoms with Gasteiger partial charge in [0.1, 0.15) is 6.33 Å². The molecule has 136 valence electrons. The predicted molar refractivity (Wildman–Crippen MR) is 86.9 cm³/mol. The Bertz CT molecular complexity index is 963. The molecule has 3 aromatic rings. The smallest absolute Gasteiger partial charge is 0.200 e. The van der Waals surface area contributed by atoms with Crippen LogP contribution in [0.4, 0.5) is 22.0 Å². The zero-order chi connectivity index (χ0) is 19.0. The fourth-order valence-corrected chi connectivity index (χ4v) is 3.24. The van der Waals surface area contributed by atoms with Crippen molar-refractivity contribution in [2.75, 3.05) is 0 Å². The van der Waals surface area contributed by atoms with E-state index in [0.29, 0.717) is 10.7 Å². The highest BCUT2D eigenvalue weighted by atomic mass is 35.5. The zero-order valence-electron chi connectivity index (χ0n) is 13.0. The van der Waals surface area contributed by atoms with Crippen LogP contribution in [0.1, 0.15) is 11.1 Å². The zero-order valence-corrected chi connectivity index (χ0v) is 14.6. The van der Waals surface area contributed by atoms with Crippen LogP contribution < -0.4 is 0 Å². The van der Waals surface area contributed by atoms with Gasteiger partial charge in [-0.25, -0.2) is 22.0 Å². The summed E-state index contributed by atoms with van der Waals surface area (Å²) in [6.45, 7) is 1.82. The Kier molecular flexibility index (Phi) is 5.19. The predicted octanol–water partition coefficient (Wildman–Crippen LogP) is 5.22. The average molecular weight is 406 g/mol. The number of benzene rings is 2. The van der Waals surface area contributed by atoms with Crippen molar-refractivity contribution in [2.45, 2.75) is 17.8 Å². The molecule has 10 heteroatoms. The van der Waals surface area contributed by atoms with Gasteiger partial charge in [-0.2, -0.15) is 0 Å². The number of halogens is 6. The van der Waals surface area contributed by atoms with E-state index in [-0.39, 0.29) is 5.16 Å². The highest BCUT2D eigenvalue weighted by Gasteiger charge is 2.26. The molecule has 3 nitrogen and oxygen atoms in total. The van der Waals surface area contributed by atoms with Gasteiger partial charge >= 0.3 is 0 Å². The number of aryl methyl sites for hydroxylation is 1. The molecule has 0 spiro atoms. The molecule has 0 N–H and O–H groups in total. The Balaban J connectivity index is 1.91. The van der Waals surface area contributed by atoms with E-state index in [2.05, 4.69) is 10.2 Å². The number of nitrogens with zero attached hydrogens (tertiary/aromatic N) is 3. The maximum absolute atomic E-state index is 13.8. The van der Waals surface area contributed by atoms with Crippen LogP contribution in [-0.4, -0.2) is 14.8 Å². The van der Waals surface area contributed by atoms with Gasteiger partial charge in [0.25, 0.3) is 0 Å². The molecule has 0 saturated carbocycles. The Hall–Kier alpha value is -2.13. The summed E-state index contributed by atoms with van der Waals surface area (Å²) in [4.78, 5) is 0. The number of hydrogen-bond acceptors (Lipinski definition) is 3. The topological polar surface area (TPSA) is 30.7 Å². The van der Waals surface area contributed by atoms with Gasteiger partial charge in [-0.3, -0.25) is 4.57 Å². The van der Waals surface area contributed by atoms with Gasteiger partial charge in [-0.1, -0.05) is 29.4 Å². The van der Waals surface area contributed by atoms with Crippen molar-refractivity contribution in [1.29, 1.82) is 0 Å². The fourth-order valence-electron chi connectivity index (χ4n) is 2.15. The van der Waals surface area contributed by atoms with Crippen LogP contribution in [0, 0.1) is 36.0 Å². The molecule has 0 amide bonds. The van der Waals surface area contributed by atoms with Crippen molar-refractivity contribution in [2.24, 2.45) is 0 Å². The molecule has 0 bridgehead atoms. The molecule has 1 aromatic heterocycles. The van der Waals surface area contributed by atoms with Gasteiger partial charge in [-0.15, -0.1) is 10.2 Å². The average Bonchev–Trinajstić information content (AvgIpc) is 3.09. The third kappa shape index (κ3) is 3.28. The molecule has 0 aliphatic carbocycles. The van der Waals surface area contributed by atoms with Crippen molar-refractivity contribution >= 4 is 23.4 Å². The minimum atomic E-state index is -2.19. The van der Waals surface area contributed by atoms with E-state index < -0.39 is 40.4 Å². The second-order valence-corrected chi connectivity index (χ2v) is 6.60. The lowest BCUT2D eigenvalue weighted by Gasteiger charge is -2.10. The minimum absolute atomic E-state index is 0.203. The normalized spacial score (nSPS) is 11.2. The van der Waals surface area contributed by atoms with E-state index >= 15 is 0 Å². The van der Waals surface area contributed by atoms with Crippen LogP contribution in [0.5, 0.6) is 0 Å². The maximum Gasteiger partial charge on any atom is 0.200 e. The second-order valence-electron chi connectivity index (χ2n) is 5.25. The van der Waals surface area contributed by atoms with Crippen molar-refractivity contribution in [1.82, 2.24) is 14.8 Å². The van der Waals surface area contributed by atoms with Crippen molar-refractivity contribution in [3.63, 3.8) is 0 Å². The van der Waals surface area contributed by atoms with E-state index in [4.69, 9.17) is 11.6 Å². The molecule has 0 fully saturated rings. The van der Waals surface area contributed by atoms with Crippen LogP contribution in [0.25, 0.3) is 5.69 Å². The van der Waals surface area contributed by atoms with Gasteiger partial charge in [0.15, 0.2) is 28.4 Å². The van der Waals surface area contributed by atoms with E-state index in [1.54, 1.807) is 18.2 Å². The van der Waals surface area contributed by atoms with Crippen LogP contribution in [0.3, 0.4) is 0 Å². The first-order valence-corrected chi connectivity index (χ1v) is 8.47. The molecule has 26 heavy (non-hydrogen) atoms. The monoisotopic (exact) mass is 405 g/mol. The Labute approximate surface area is 153 Å². The van der Waals surface area contributed by atoms with Gasteiger partial charge in [0.05, 0.1) is 5.69 Å². The quantitative estimate of drug-likeness (QED) is 0.258. The van der Waals surface area contributed by atoms with Crippen LogP contribution in [-0.2, 0) is 5.75 Å². The number of hydrogen-bond donors (Lipinski definition) is 0. The van der Waals surface area contributed by atoms with Crippen molar-refractivity contribution in [3.8, 4) is 5.69 Å². The summed E-state index contributed by atoms with van der Waals surface area (Å²) in [7, 11) is 0. The van der Waals surface area contributed by atoms with Gasteiger partial charge in [0.2, 0.25) is 5.82 Å². The number of rotatable bonds is 4. The molecule has 0 unspecified atom stereocenters. The van der Waals surface area contributed by atoms with E-state index in [0.717, 1.165) is 17.3 Å². The molecule has 0 radical (unpaired) electrons. The summed E-state index contributed by atoms with van der Waals surface area (Å²) in [6, 6.07) is 5.13. The number of aromatic nitrogens is 3. The second kappa shape index (κ2) is 7.24. The van der Waals surface area contributed by atoms with Gasteiger partial charge < -0.3 is 0 Å². The summed E-state index contributed by atoms with van der Waals surface area (Å²) in [6.07, 6.45) is 1.35. The van der Waals surface area contributed by atoms with Gasteiger partial charge in [-0.05, 0) is 24.6 Å². The summed E-state index contributed by atoms with van der Waals surface area (Å²) in [5.74, 6) is -10.4. The third-order valence-electron chi connectivity index (χ3n) is 3.60. The van der Waals surface area contributed by atoms with Gasteiger partial charge in [0, 0.05) is 16.3 Å². The lowest BCUT2D eigenvalue weighted by atomic mass is 10.2. The third-order valence-corrected chi connectivity index (χ3v) is 4.97. The molecule has 3 rings (SSSR count). The fraction of sp³-hybridized carbons (Fsp3) is 0.125. The first-order chi connectivity index (χ1) is 12.3. The molecule has 0 atom stereocenters. The molecule has 0 aliphatic rings. The van der Waals surface area contributed by atoms with Crippen molar-refractivity contribution in [3.05, 3.63) is 69.8 Å². The highest BCUT2D eigenvalue weighted by molar-refractivity contribution is 7.98. The van der Waals surface area contributed by atoms with Crippen LogP contribution >= 0.6 is 23.4 Å². The Morgan fingerprint density at radius 1 is 1.00 bits per heavy atom. The molecular weight excluding hydrogens is 397 g/mol. The SMILES string of the molecule is Cc1ccc(-n2cnnc2SCc2c(F)c(F)c(F)c(F)c2F)cc1Cl. The summed E-state index contributed by atoms with van der Waals surface area (Å²) in [5, 5.41) is 8.21. The molecular formula is C16H9ClF5N3S. The van der Waals surface area contributed by atoms with E-state index in [1.807, 2.05) is 6.92 Å². The molecule has 0 aliphatic heterocycles. The summed E-state index contributed by atoms with van der Waals surface area (Å²) < 4.78 is 68.7. The lowest BCUT2D eigenvalue weighted by Crippen LogP contribution is -2.06. The Morgan fingerprint density at radius 3 is 2.23 bits per heavy atom. The first kappa shape index (κ1) is 18.7. The summed E-state index contributed by atoms with van der Waals surface area (Å²) in [5.41, 5.74) is 0.507. The van der Waals surface area contributed by atoms with Crippen LogP contribution in [0.2, 0.25) is 5.02 Å². The maximum atomic E-state index is 13.8. The Morgan fingerprint density at radius 2 is 1.62 bits per heavy atom. The van der Waals surface area contributed by atoms with Crippen LogP contribution in [0.15, 0.2) is 29.7 Å². The van der Waals surface area contributed by atoms with E-state index in [1.165, 1.54) is 10.9 Å². The highest BCUT2D eigenvalue weighted by Crippen LogP contribution is 2.30. The van der Waals surface area contributed by atoms with E-state index in [9.17, 15) is 22.0 Å². The first-order valence-electron chi connectivity index (χ1n) is 7.11. The molecule has 1 heterocycles. The van der Waals surface area contributed by atoms with Crippen molar-refractivity contribution < 1.29 is 22.0 Å². The lowest BCUT2D eigenvalue weighted by molar-refractivity contribution is 0.372. The standard InChI is InChI=1S/C16H9ClF5N3S/c1-7-2-3-8(4-10(7)17)25-6-23-24-16(25)26-5-9-11(18)13(20)15(22)14(21)12(9)19/h2-4,6H,5H2,1H3. The largest absolute Gasteiger partial charge is 0.277 e. The summed E-state index contributed by atoms with van der Waals surface area (Å²) >= 11 is 6.84. The molecule has 0 saturated heterocycles. The number of thioether (sulfide) groups is 1. The molecule has 2 aromatic carbocycles.